The zero-order chi connectivity index (χ0) is 11.3. The Morgan fingerprint density at radius 1 is 1.60 bits per heavy atom. The quantitative estimate of drug-likeness (QED) is 0.742. The largest absolute Gasteiger partial charge is 0.380 e. The van der Waals surface area contributed by atoms with Crippen molar-refractivity contribution in [2.75, 3.05) is 25.2 Å². The number of hydrogen-bond acceptors (Lipinski definition) is 4. The van der Waals surface area contributed by atoms with Crippen LogP contribution in [0.5, 0.6) is 0 Å². The fourth-order valence-corrected chi connectivity index (χ4v) is 1.17. The summed E-state index contributed by atoms with van der Waals surface area (Å²) in [5.41, 5.74) is 0. The van der Waals surface area contributed by atoms with E-state index in [0.29, 0.717) is 19.0 Å². The van der Waals surface area contributed by atoms with Crippen LogP contribution in [0.1, 0.15) is 13.8 Å². The minimum absolute atomic E-state index is 0.0781. The average Bonchev–Trinajstić information content (AvgIpc) is 2.25. The lowest BCUT2D eigenvalue weighted by molar-refractivity contribution is 0.135. The molecule has 15 heavy (non-hydrogen) atoms. The predicted octanol–water partition coefficient (Wildman–Crippen LogP) is 1.48. The molecule has 0 aliphatic rings. The van der Waals surface area contributed by atoms with Crippen molar-refractivity contribution in [2.45, 2.75) is 19.9 Å². The number of likely N-dealkylation sites (N-methyl/N-ethyl adjacent to an activating group) is 1. The number of aromatic nitrogens is 2. The molecular formula is C10H16FN3O. The van der Waals surface area contributed by atoms with Crippen molar-refractivity contribution in [1.29, 1.82) is 0 Å². The van der Waals surface area contributed by atoms with Gasteiger partial charge in [-0.25, -0.2) is 14.4 Å². The highest BCUT2D eigenvalue weighted by atomic mass is 19.1. The van der Waals surface area contributed by atoms with Crippen molar-refractivity contribution in [3.8, 4) is 0 Å². The van der Waals surface area contributed by atoms with Gasteiger partial charge in [0.15, 0.2) is 11.6 Å². The summed E-state index contributed by atoms with van der Waals surface area (Å²) in [6, 6.07) is 0.0781. The van der Waals surface area contributed by atoms with E-state index in [-0.39, 0.29) is 6.04 Å². The van der Waals surface area contributed by atoms with Crippen LogP contribution in [-0.2, 0) is 4.74 Å². The molecule has 0 bridgehead atoms. The second kappa shape index (κ2) is 5.60. The summed E-state index contributed by atoms with van der Waals surface area (Å²) in [4.78, 5) is 9.24. The van der Waals surface area contributed by atoms with E-state index in [0.717, 1.165) is 6.20 Å². The average molecular weight is 213 g/mol. The molecule has 1 heterocycles. The minimum atomic E-state index is -0.414. The molecule has 5 heteroatoms. The zero-order valence-electron chi connectivity index (χ0n) is 9.27. The SMILES string of the molecule is CCOCC(C)N(C)c1ncncc1F. The topological polar surface area (TPSA) is 38.2 Å². The van der Waals surface area contributed by atoms with Gasteiger partial charge in [0, 0.05) is 13.7 Å². The molecule has 0 aliphatic heterocycles. The van der Waals surface area contributed by atoms with E-state index in [1.165, 1.54) is 6.33 Å². The first kappa shape index (κ1) is 11.8. The van der Waals surface area contributed by atoms with Gasteiger partial charge >= 0.3 is 0 Å². The van der Waals surface area contributed by atoms with Crippen LogP contribution in [0.25, 0.3) is 0 Å². The van der Waals surface area contributed by atoms with Crippen molar-refractivity contribution in [2.24, 2.45) is 0 Å². The van der Waals surface area contributed by atoms with Crippen LogP contribution in [-0.4, -0.2) is 36.3 Å². The number of hydrogen-bond donors (Lipinski definition) is 0. The Hall–Kier alpha value is -1.23. The molecule has 0 aromatic carbocycles. The predicted molar refractivity (Wildman–Crippen MR) is 56.3 cm³/mol. The maximum absolute atomic E-state index is 13.3. The summed E-state index contributed by atoms with van der Waals surface area (Å²) in [6.45, 7) is 5.09. The maximum Gasteiger partial charge on any atom is 0.183 e. The van der Waals surface area contributed by atoms with Crippen LogP contribution < -0.4 is 4.90 Å². The van der Waals surface area contributed by atoms with Gasteiger partial charge in [0.25, 0.3) is 0 Å². The normalized spacial score (nSPS) is 12.5. The van der Waals surface area contributed by atoms with Gasteiger partial charge in [0.1, 0.15) is 6.33 Å². The molecule has 0 N–H and O–H groups in total. The fourth-order valence-electron chi connectivity index (χ4n) is 1.17. The molecule has 1 aromatic rings. The maximum atomic E-state index is 13.3. The van der Waals surface area contributed by atoms with E-state index in [9.17, 15) is 4.39 Å². The van der Waals surface area contributed by atoms with Crippen LogP contribution in [0, 0.1) is 5.82 Å². The van der Waals surface area contributed by atoms with Gasteiger partial charge in [-0.2, -0.15) is 0 Å². The van der Waals surface area contributed by atoms with Crippen molar-refractivity contribution in [3.05, 3.63) is 18.3 Å². The van der Waals surface area contributed by atoms with E-state index in [1.54, 1.807) is 11.9 Å². The molecule has 4 nitrogen and oxygen atoms in total. The lowest BCUT2D eigenvalue weighted by Crippen LogP contribution is -2.34. The van der Waals surface area contributed by atoms with Gasteiger partial charge < -0.3 is 9.64 Å². The third-order valence-electron chi connectivity index (χ3n) is 2.21. The molecule has 1 aromatic heterocycles. The molecule has 0 aliphatic carbocycles. The molecule has 1 rings (SSSR count). The fraction of sp³-hybridized carbons (Fsp3) is 0.600. The smallest absolute Gasteiger partial charge is 0.183 e. The van der Waals surface area contributed by atoms with Crippen molar-refractivity contribution in [3.63, 3.8) is 0 Å². The third-order valence-corrected chi connectivity index (χ3v) is 2.21. The highest BCUT2D eigenvalue weighted by molar-refractivity contribution is 5.38. The van der Waals surface area contributed by atoms with Gasteiger partial charge in [-0.05, 0) is 13.8 Å². The third kappa shape index (κ3) is 3.13. The lowest BCUT2D eigenvalue weighted by Gasteiger charge is -2.25. The van der Waals surface area contributed by atoms with Crippen LogP contribution >= 0.6 is 0 Å². The Bertz CT molecular complexity index is 308. The molecule has 0 spiro atoms. The summed E-state index contributed by atoms with van der Waals surface area (Å²) in [7, 11) is 1.79. The zero-order valence-corrected chi connectivity index (χ0v) is 9.27. The summed E-state index contributed by atoms with van der Waals surface area (Å²) >= 11 is 0. The molecule has 1 unspecified atom stereocenters. The van der Waals surface area contributed by atoms with Crippen LogP contribution in [0.15, 0.2) is 12.5 Å². The Morgan fingerprint density at radius 3 is 2.93 bits per heavy atom. The van der Waals surface area contributed by atoms with E-state index >= 15 is 0 Å². The molecule has 0 saturated heterocycles. The van der Waals surface area contributed by atoms with Crippen molar-refractivity contribution in [1.82, 2.24) is 9.97 Å². The Kier molecular flexibility index (Phi) is 4.42. The summed E-state index contributed by atoms with van der Waals surface area (Å²) in [5, 5.41) is 0. The number of halogens is 1. The van der Waals surface area contributed by atoms with E-state index in [2.05, 4.69) is 9.97 Å². The second-order valence-corrected chi connectivity index (χ2v) is 3.31. The summed E-state index contributed by atoms with van der Waals surface area (Å²) in [6.07, 6.45) is 2.49. The van der Waals surface area contributed by atoms with Gasteiger partial charge in [-0.15, -0.1) is 0 Å². The van der Waals surface area contributed by atoms with Crippen LogP contribution in [0.3, 0.4) is 0 Å². The Labute approximate surface area is 89.1 Å². The molecule has 0 fully saturated rings. The van der Waals surface area contributed by atoms with Crippen molar-refractivity contribution < 1.29 is 9.13 Å². The number of anilines is 1. The van der Waals surface area contributed by atoms with Crippen molar-refractivity contribution >= 4 is 5.82 Å². The first-order valence-corrected chi connectivity index (χ1v) is 4.92. The molecule has 0 amide bonds. The standard InChI is InChI=1S/C10H16FN3O/c1-4-15-6-8(2)14(3)10-9(11)5-12-7-13-10/h5,7-8H,4,6H2,1-3H3. The Balaban J connectivity index is 2.67. The van der Waals surface area contributed by atoms with Gasteiger partial charge in [-0.1, -0.05) is 0 Å². The monoisotopic (exact) mass is 213 g/mol. The Morgan fingerprint density at radius 2 is 2.33 bits per heavy atom. The van der Waals surface area contributed by atoms with E-state index in [4.69, 9.17) is 4.74 Å². The van der Waals surface area contributed by atoms with Gasteiger partial charge in [-0.3, -0.25) is 0 Å². The molecule has 0 saturated carbocycles. The van der Waals surface area contributed by atoms with E-state index in [1.807, 2.05) is 13.8 Å². The number of rotatable bonds is 5. The first-order chi connectivity index (χ1) is 7.16. The molecule has 1 atom stereocenters. The van der Waals surface area contributed by atoms with Gasteiger partial charge in [0.2, 0.25) is 0 Å². The molecule has 84 valence electrons. The highest BCUT2D eigenvalue weighted by Gasteiger charge is 2.14. The second-order valence-electron chi connectivity index (χ2n) is 3.31. The van der Waals surface area contributed by atoms with Gasteiger partial charge in [0.05, 0.1) is 18.8 Å². The summed E-state index contributed by atoms with van der Waals surface area (Å²) in [5.74, 6) is -0.111. The van der Waals surface area contributed by atoms with E-state index < -0.39 is 5.82 Å². The van der Waals surface area contributed by atoms with Crippen LogP contribution in [0.2, 0.25) is 0 Å². The summed E-state index contributed by atoms with van der Waals surface area (Å²) < 4.78 is 18.6. The minimum Gasteiger partial charge on any atom is -0.380 e. The molecular weight excluding hydrogens is 197 g/mol. The number of ether oxygens (including phenoxy) is 1. The number of nitrogens with zero attached hydrogens (tertiary/aromatic N) is 3. The van der Waals surface area contributed by atoms with Crippen LogP contribution in [0.4, 0.5) is 10.2 Å². The first-order valence-electron chi connectivity index (χ1n) is 4.92. The molecule has 0 radical (unpaired) electrons. The lowest BCUT2D eigenvalue weighted by atomic mass is 10.3. The highest BCUT2D eigenvalue weighted by Crippen LogP contribution is 2.14.